The van der Waals surface area contributed by atoms with Crippen LogP contribution < -0.4 is 5.32 Å². The molecule has 1 aromatic rings. The molecule has 0 radical (unpaired) electrons. The third kappa shape index (κ3) is 4.44. The highest BCUT2D eigenvalue weighted by molar-refractivity contribution is 5.16. The van der Waals surface area contributed by atoms with Crippen molar-refractivity contribution in [3.8, 4) is 0 Å². The van der Waals surface area contributed by atoms with Crippen LogP contribution in [0.3, 0.4) is 0 Å². The van der Waals surface area contributed by atoms with Gasteiger partial charge >= 0.3 is 0 Å². The average Bonchev–Trinajstić information content (AvgIpc) is 2.26. The lowest BCUT2D eigenvalue weighted by Gasteiger charge is -2.35. The Morgan fingerprint density at radius 3 is 2.65 bits per heavy atom. The lowest BCUT2D eigenvalue weighted by molar-refractivity contribution is 0.157. The maximum atomic E-state index is 13.0. The van der Waals surface area contributed by atoms with Gasteiger partial charge in [0.25, 0.3) is 0 Å². The quantitative estimate of drug-likeness (QED) is 0.818. The molecular formula is C14H23FN2. The normalized spacial score (nSPS) is 12.1. The molecule has 0 spiro atoms. The predicted molar refractivity (Wildman–Crippen MR) is 70.7 cm³/mol. The van der Waals surface area contributed by atoms with Gasteiger partial charge in [-0.05, 0) is 52.1 Å². The van der Waals surface area contributed by atoms with Crippen molar-refractivity contribution in [1.29, 1.82) is 0 Å². The molecule has 0 amide bonds. The molecule has 3 heteroatoms. The first-order valence-electron chi connectivity index (χ1n) is 6.06. The molecule has 1 aromatic carbocycles. The molecule has 0 heterocycles. The SMILES string of the molecule is CNCC(C)(C)N(C)CCc1cccc(F)c1. The molecule has 0 atom stereocenters. The van der Waals surface area contributed by atoms with E-state index < -0.39 is 0 Å². The van der Waals surface area contributed by atoms with Gasteiger partial charge in [0, 0.05) is 18.6 Å². The summed E-state index contributed by atoms with van der Waals surface area (Å²) in [6.45, 7) is 6.27. The summed E-state index contributed by atoms with van der Waals surface area (Å²) in [6, 6.07) is 6.84. The summed E-state index contributed by atoms with van der Waals surface area (Å²) in [5.74, 6) is -0.153. The molecular weight excluding hydrogens is 215 g/mol. The molecule has 0 aromatic heterocycles. The Kier molecular flexibility index (Phi) is 5.09. The second-order valence-corrected chi connectivity index (χ2v) is 5.14. The van der Waals surface area contributed by atoms with Crippen molar-refractivity contribution in [2.45, 2.75) is 25.8 Å². The molecule has 0 aliphatic heterocycles. The van der Waals surface area contributed by atoms with Gasteiger partial charge in [-0.3, -0.25) is 4.90 Å². The molecule has 2 nitrogen and oxygen atoms in total. The number of nitrogens with one attached hydrogen (secondary N) is 1. The Hall–Kier alpha value is -0.930. The van der Waals surface area contributed by atoms with Gasteiger partial charge in [-0.15, -0.1) is 0 Å². The molecule has 1 N–H and O–H groups in total. The van der Waals surface area contributed by atoms with Crippen molar-refractivity contribution in [2.75, 3.05) is 27.2 Å². The van der Waals surface area contributed by atoms with Crippen LogP contribution in [0.15, 0.2) is 24.3 Å². The van der Waals surface area contributed by atoms with E-state index in [1.165, 1.54) is 6.07 Å². The van der Waals surface area contributed by atoms with E-state index in [1.807, 2.05) is 13.1 Å². The molecule has 0 aliphatic rings. The average molecular weight is 238 g/mol. The molecule has 0 saturated heterocycles. The van der Waals surface area contributed by atoms with Crippen LogP contribution in [0.5, 0.6) is 0 Å². The van der Waals surface area contributed by atoms with Crippen LogP contribution in [-0.2, 0) is 6.42 Å². The van der Waals surface area contributed by atoms with E-state index in [0.717, 1.165) is 25.1 Å². The van der Waals surface area contributed by atoms with Crippen LogP contribution in [-0.4, -0.2) is 37.6 Å². The molecule has 0 saturated carbocycles. The zero-order valence-electron chi connectivity index (χ0n) is 11.3. The smallest absolute Gasteiger partial charge is 0.123 e. The largest absolute Gasteiger partial charge is 0.318 e. The maximum absolute atomic E-state index is 13.0. The van der Waals surface area contributed by atoms with Crippen LogP contribution in [0.2, 0.25) is 0 Å². The highest BCUT2D eigenvalue weighted by Gasteiger charge is 2.21. The predicted octanol–water partition coefficient (Wildman–Crippen LogP) is 2.30. The highest BCUT2D eigenvalue weighted by atomic mass is 19.1. The van der Waals surface area contributed by atoms with E-state index in [2.05, 4.69) is 31.1 Å². The molecule has 17 heavy (non-hydrogen) atoms. The Bertz CT molecular complexity index is 350. The fraction of sp³-hybridized carbons (Fsp3) is 0.571. The molecule has 96 valence electrons. The summed E-state index contributed by atoms with van der Waals surface area (Å²) >= 11 is 0. The molecule has 0 aliphatic carbocycles. The van der Waals surface area contributed by atoms with Crippen molar-refractivity contribution >= 4 is 0 Å². The van der Waals surface area contributed by atoms with Gasteiger partial charge in [-0.2, -0.15) is 0 Å². The van der Waals surface area contributed by atoms with Crippen molar-refractivity contribution in [2.24, 2.45) is 0 Å². The van der Waals surface area contributed by atoms with Crippen molar-refractivity contribution in [1.82, 2.24) is 10.2 Å². The van der Waals surface area contributed by atoms with Crippen molar-refractivity contribution in [3.63, 3.8) is 0 Å². The van der Waals surface area contributed by atoms with E-state index in [0.29, 0.717) is 0 Å². The first kappa shape index (κ1) is 14.1. The summed E-state index contributed by atoms with van der Waals surface area (Å²) in [4.78, 5) is 2.30. The molecule has 0 unspecified atom stereocenters. The van der Waals surface area contributed by atoms with Crippen molar-refractivity contribution < 1.29 is 4.39 Å². The number of nitrogens with zero attached hydrogens (tertiary/aromatic N) is 1. The number of hydrogen-bond acceptors (Lipinski definition) is 2. The third-order valence-corrected chi connectivity index (χ3v) is 3.27. The van der Waals surface area contributed by atoms with Gasteiger partial charge in [0.1, 0.15) is 5.82 Å². The lowest BCUT2D eigenvalue weighted by atomic mass is 10.0. The second-order valence-electron chi connectivity index (χ2n) is 5.14. The van der Waals surface area contributed by atoms with E-state index >= 15 is 0 Å². The Morgan fingerprint density at radius 2 is 2.06 bits per heavy atom. The van der Waals surface area contributed by atoms with Crippen LogP contribution in [0.1, 0.15) is 19.4 Å². The van der Waals surface area contributed by atoms with Gasteiger partial charge < -0.3 is 5.32 Å². The lowest BCUT2D eigenvalue weighted by Crippen LogP contribution is -2.48. The van der Waals surface area contributed by atoms with Crippen LogP contribution in [0.4, 0.5) is 4.39 Å². The fourth-order valence-corrected chi connectivity index (χ4v) is 1.86. The highest BCUT2D eigenvalue weighted by Crippen LogP contribution is 2.12. The summed E-state index contributed by atoms with van der Waals surface area (Å²) in [6.07, 6.45) is 0.876. The standard InChI is InChI=1S/C14H23FN2/c1-14(2,11-16-3)17(4)9-8-12-6-5-7-13(15)10-12/h5-7,10,16H,8-9,11H2,1-4H3. The van der Waals surface area contributed by atoms with Gasteiger partial charge in [0.15, 0.2) is 0 Å². The third-order valence-electron chi connectivity index (χ3n) is 3.27. The van der Waals surface area contributed by atoms with Crippen molar-refractivity contribution in [3.05, 3.63) is 35.6 Å². The summed E-state index contributed by atoms with van der Waals surface area (Å²) < 4.78 is 13.0. The monoisotopic (exact) mass is 238 g/mol. The zero-order valence-corrected chi connectivity index (χ0v) is 11.3. The number of rotatable bonds is 6. The van der Waals surface area contributed by atoms with Gasteiger partial charge in [-0.25, -0.2) is 4.39 Å². The number of benzene rings is 1. The number of halogens is 1. The fourth-order valence-electron chi connectivity index (χ4n) is 1.86. The summed E-state index contributed by atoms with van der Waals surface area (Å²) in [7, 11) is 4.07. The van der Waals surface area contributed by atoms with E-state index in [4.69, 9.17) is 0 Å². The van der Waals surface area contributed by atoms with E-state index in [9.17, 15) is 4.39 Å². The Morgan fingerprint density at radius 1 is 1.35 bits per heavy atom. The van der Waals surface area contributed by atoms with Crippen LogP contribution in [0, 0.1) is 5.82 Å². The summed E-state index contributed by atoms with van der Waals surface area (Å²) in [5.41, 5.74) is 1.17. The first-order chi connectivity index (χ1) is 7.95. The van der Waals surface area contributed by atoms with Crippen LogP contribution in [0.25, 0.3) is 0 Å². The Labute approximate surface area is 104 Å². The summed E-state index contributed by atoms with van der Waals surface area (Å²) in [5, 5.41) is 3.19. The first-order valence-corrected chi connectivity index (χ1v) is 6.06. The molecule has 0 fully saturated rings. The maximum Gasteiger partial charge on any atom is 0.123 e. The molecule has 0 bridgehead atoms. The van der Waals surface area contributed by atoms with Gasteiger partial charge in [0.2, 0.25) is 0 Å². The minimum Gasteiger partial charge on any atom is -0.318 e. The number of hydrogen-bond donors (Lipinski definition) is 1. The van der Waals surface area contributed by atoms with Crippen LogP contribution >= 0.6 is 0 Å². The second kappa shape index (κ2) is 6.12. The zero-order chi connectivity index (χ0) is 12.9. The topological polar surface area (TPSA) is 15.3 Å². The van der Waals surface area contributed by atoms with Gasteiger partial charge in [0.05, 0.1) is 0 Å². The minimum absolute atomic E-state index is 0.113. The molecule has 1 rings (SSSR count). The Balaban J connectivity index is 2.50. The van der Waals surface area contributed by atoms with E-state index in [-0.39, 0.29) is 11.4 Å². The minimum atomic E-state index is -0.153. The van der Waals surface area contributed by atoms with E-state index in [1.54, 1.807) is 12.1 Å². The number of likely N-dealkylation sites (N-methyl/N-ethyl adjacent to an activating group) is 2. The van der Waals surface area contributed by atoms with Gasteiger partial charge in [-0.1, -0.05) is 12.1 Å².